The van der Waals surface area contributed by atoms with Crippen LogP contribution < -0.4 is 10.2 Å². The number of nitrogens with one attached hydrogen (secondary N) is 1. The van der Waals surface area contributed by atoms with Crippen molar-refractivity contribution in [3.05, 3.63) is 89.7 Å². The molecule has 0 aromatic carbocycles. The molecule has 1 unspecified atom stereocenters. The zero-order chi connectivity index (χ0) is 21.0. The van der Waals surface area contributed by atoms with Crippen molar-refractivity contribution in [1.82, 2.24) is 19.5 Å². The van der Waals surface area contributed by atoms with Crippen LogP contribution in [0.25, 0.3) is 0 Å². The Labute approximate surface area is 184 Å². The average molecular weight is 431 g/mol. The highest BCUT2D eigenvalue weighted by atomic mass is 32.1. The Kier molecular flexibility index (Phi) is 5.45. The molecule has 1 saturated heterocycles. The lowest BCUT2D eigenvalue weighted by Crippen LogP contribution is -2.23. The predicted molar refractivity (Wildman–Crippen MR) is 121 cm³/mol. The summed E-state index contributed by atoms with van der Waals surface area (Å²) in [5.74, 6) is -0.157. The van der Waals surface area contributed by atoms with Crippen molar-refractivity contribution >= 4 is 28.1 Å². The van der Waals surface area contributed by atoms with E-state index in [1.165, 1.54) is 11.3 Å². The van der Waals surface area contributed by atoms with Crippen LogP contribution >= 0.6 is 11.3 Å². The quantitative estimate of drug-likeness (QED) is 0.491. The number of pyridine rings is 2. The number of aromatic nitrogens is 4. The predicted octanol–water partition coefficient (Wildman–Crippen LogP) is 4.38. The van der Waals surface area contributed by atoms with Crippen LogP contribution in [0.2, 0.25) is 0 Å². The molecular weight excluding hydrogens is 408 g/mol. The number of carbonyl (C=O) groups excluding carboxylic acids is 1. The molecule has 5 rings (SSSR count). The summed E-state index contributed by atoms with van der Waals surface area (Å²) in [6.45, 7) is 1.60. The second kappa shape index (κ2) is 8.69. The molecule has 1 aliphatic rings. The molecular formula is C23H22N6OS. The molecule has 0 saturated carbocycles. The van der Waals surface area contributed by atoms with Gasteiger partial charge >= 0.3 is 0 Å². The summed E-state index contributed by atoms with van der Waals surface area (Å²) in [6.07, 6.45) is 11.3. The number of nitrogens with zero attached hydrogens (tertiary/aromatic N) is 5. The number of amides is 1. The molecule has 4 aromatic rings. The largest absolute Gasteiger partial charge is 0.362 e. The second-order valence-corrected chi connectivity index (χ2v) is 8.33. The molecule has 1 N–H and O–H groups in total. The van der Waals surface area contributed by atoms with Crippen molar-refractivity contribution in [3.63, 3.8) is 0 Å². The normalized spacial score (nSPS) is 15.9. The smallest absolute Gasteiger partial charge is 0.274 e. The molecule has 7 nitrogen and oxygen atoms in total. The van der Waals surface area contributed by atoms with Crippen LogP contribution in [0.3, 0.4) is 0 Å². The van der Waals surface area contributed by atoms with Gasteiger partial charge in [0.05, 0.1) is 23.6 Å². The van der Waals surface area contributed by atoms with Crippen molar-refractivity contribution in [3.8, 4) is 0 Å². The third-order valence-corrected chi connectivity index (χ3v) is 6.25. The lowest BCUT2D eigenvalue weighted by atomic mass is 10.1. The maximum absolute atomic E-state index is 12.9. The molecule has 0 aliphatic carbocycles. The van der Waals surface area contributed by atoms with Gasteiger partial charge < -0.3 is 9.47 Å². The molecule has 1 aliphatic heterocycles. The third kappa shape index (κ3) is 4.20. The topological polar surface area (TPSA) is 75.9 Å². The standard InChI is InChI=1S/C23H22N6OS/c30-22(21-6-2-12-28(21)15-17-7-10-24-11-8-17)27-23-26-19(16-31-23)20-5-3-13-29(20)18-4-1-9-25-14-18/h1-2,4,6-12,14,16,20H,3,5,13,15H2,(H,26,27,30). The average Bonchev–Trinajstić information content (AvgIpc) is 3.56. The van der Waals surface area contributed by atoms with Gasteiger partial charge in [0.15, 0.2) is 5.13 Å². The first-order chi connectivity index (χ1) is 15.3. The monoisotopic (exact) mass is 430 g/mol. The van der Waals surface area contributed by atoms with Crippen molar-refractivity contribution in [2.24, 2.45) is 0 Å². The molecule has 0 bridgehead atoms. The maximum Gasteiger partial charge on any atom is 0.274 e. The van der Waals surface area contributed by atoms with Gasteiger partial charge in [-0.05, 0) is 54.8 Å². The Morgan fingerprint density at radius 1 is 1.13 bits per heavy atom. The summed E-state index contributed by atoms with van der Waals surface area (Å²) in [6, 6.07) is 11.9. The van der Waals surface area contributed by atoms with Gasteiger partial charge in [0.25, 0.3) is 5.91 Å². The molecule has 31 heavy (non-hydrogen) atoms. The summed E-state index contributed by atoms with van der Waals surface area (Å²) in [5.41, 5.74) is 3.80. The Hall–Kier alpha value is -3.52. The van der Waals surface area contributed by atoms with Crippen molar-refractivity contribution in [2.45, 2.75) is 25.4 Å². The minimum Gasteiger partial charge on any atom is -0.362 e. The van der Waals surface area contributed by atoms with Crippen LogP contribution in [0.15, 0.2) is 72.8 Å². The van der Waals surface area contributed by atoms with Gasteiger partial charge in [0.2, 0.25) is 0 Å². The fourth-order valence-corrected chi connectivity index (χ4v) is 4.76. The van der Waals surface area contributed by atoms with E-state index in [4.69, 9.17) is 4.98 Å². The summed E-state index contributed by atoms with van der Waals surface area (Å²) < 4.78 is 1.93. The Bertz CT molecular complexity index is 1160. The first-order valence-corrected chi connectivity index (χ1v) is 11.1. The van der Waals surface area contributed by atoms with E-state index in [0.29, 0.717) is 17.4 Å². The molecule has 0 spiro atoms. The van der Waals surface area contributed by atoms with Crippen LogP contribution in [0.5, 0.6) is 0 Å². The van der Waals surface area contributed by atoms with Crippen LogP contribution in [0.1, 0.15) is 40.6 Å². The zero-order valence-corrected chi connectivity index (χ0v) is 17.7. The van der Waals surface area contributed by atoms with E-state index in [-0.39, 0.29) is 11.9 Å². The Morgan fingerprint density at radius 3 is 2.87 bits per heavy atom. The van der Waals surface area contributed by atoms with Gasteiger partial charge in [-0.3, -0.25) is 20.1 Å². The van der Waals surface area contributed by atoms with Crippen LogP contribution in [0.4, 0.5) is 10.8 Å². The molecule has 8 heteroatoms. The molecule has 0 radical (unpaired) electrons. The van der Waals surface area contributed by atoms with Gasteiger partial charge in [-0.25, -0.2) is 4.98 Å². The summed E-state index contributed by atoms with van der Waals surface area (Å²) in [7, 11) is 0. The van der Waals surface area contributed by atoms with Gasteiger partial charge in [0, 0.05) is 43.3 Å². The SMILES string of the molecule is O=C(Nc1nc(C2CCCN2c2cccnc2)cs1)c1cccn1Cc1ccncc1. The molecule has 1 fully saturated rings. The number of carbonyl (C=O) groups is 1. The van der Waals surface area contributed by atoms with Crippen molar-refractivity contribution in [1.29, 1.82) is 0 Å². The highest BCUT2D eigenvalue weighted by Gasteiger charge is 2.28. The minimum absolute atomic E-state index is 0.157. The Morgan fingerprint density at radius 2 is 2.03 bits per heavy atom. The fourth-order valence-electron chi connectivity index (χ4n) is 4.01. The lowest BCUT2D eigenvalue weighted by molar-refractivity contribution is 0.101. The molecule has 5 heterocycles. The second-order valence-electron chi connectivity index (χ2n) is 7.47. The molecule has 156 valence electrons. The zero-order valence-electron chi connectivity index (χ0n) is 16.9. The van der Waals surface area contributed by atoms with Crippen LogP contribution in [-0.4, -0.2) is 32.0 Å². The van der Waals surface area contributed by atoms with E-state index in [2.05, 4.69) is 26.3 Å². The highest BCUT2D eigenvalue weighted by Crippen LogP contribution is 2.36. The lowest BCUT2D eigenvalue weighted by Gasteiger charge is -2.25. The van der Waals surface area contributed by atoms with E-state index >= 15 is 0 Å². The number of thiazole rings is 1. The van der Waals surface area contributed by atoms with E-state index in [1.807, 2.05) is 52.7 Å². The molecule has 4 aromatic heterocycles. The van der Waals surface area contributed by atoms with Gasteiger partial charge in [-0.1, -0.05) is 0 Å². The number of hydrogen-bond donors (Lipinski definition) is 1. The Balaban J connectivity index is 1.29. The number of rotatable bonds is 6. The van der Waals surface area contributed by atoms with Crippen molar-refractivity contribution < 1.29 is 4.79 Å². The van der Waals surface area contributed by atoms with Gasteiger partial charge in [-0.15, -0.1) is 11.3 Å². The first kappa shape index (κ1) is 19.4. The summed E-state index contributed by atoms with van der Waals surface area (Å²) in [4.78, 5) is 28.3. The van der Waals surface area contributed by atoms with Crippen LogP contribution in [0, 0.1) is 0 Å². The molecule has 1 amide bonds. The van der Waals surface area contributed by atoms with E-state index in [1.54, 1.807) is 18.6 Å². The fraction of sp³-hybridized carbons (Fsp3) is 0.217. The third-order valence-electron chi connectivity index (χ3n) is 5.48. The van der Waals surface area contributed by atoms with Gasteiger partial charge in [0.1, 0.15) is 5.69 Å². The highest BCUT2D eigenvalue weighted by molar-refractivity contribution is 7.14. The number of anilines is 2. The van der Waals surface area contributed by atoms with Gasteiger partial charge in [-0.2, -0.15) is 0 Å². The van der Waals surface area contributed by atoms with E-state index in [0.717, 1.165) is 36.3 Å². The number of hydrogen-bond acceptors (Lipinski definition) is 6. The minimum atomic E-state index is -0.157. The van der Waals surface area contributed by atoms with E-state index < -0.39 is 0 Å². The maximum atomic E-state index is 12.9. The van der Waals surface area contributed by atoms with Crippen LogP contribution in [-0.2, 0) is 6.54 Å². The summed E-state index contributed by atoms with van der Waals surface area (Å²) in [5, 5.41) is 5.64. The van der Waals surface area contributed by atoms with Crippen molar-refractivity contribution in [2.75, 3.05) is 16.8 Å². The first-order valence-electron chi connectivity index (χ1n) is 10.3. The summed E-state index contributed by atoms with van der Waals surface area (Å²) >= 11 is 1.47. The molecule has 1 atom stereocenters. The van der Waals surface area contributed by atoms with E-state index in [9.17, 15) is 4.79 Å².